The molecule has 0 fully saturated rings. The summed E-state index contributed by atoms with van der Waals surface area (Å²) in [5.74, 6) is 0.680. The molecule has 0 aromatic heterocycles. The summed E-state index contributed by atoms with van der Waals surface area (Å²) in [5.41, 5.74) is 1.53. The van der Waals surface area contributed by atoms with Gasteiger partial charge in [0.05, 0.1) is 5.75 Å². The summed E-state index contributed by atoms with van der Waals surface area (Å²) in [6.45, 7) is 9.23. The monoisotopic (exact) mass is 493 g/mol. The van der Waals surface area contributed by atoms with Crippen molar-refractivity contribution in [3.8, 4) is 11.5 Å². The molecule has 0 spiro atoms. The number of ether oxygens (including phenoxy) is 1. The van der Waals surface area contributed by atoms with Gasteiger partial charge in [-0.3, -0.25) is 4.79 Å². The second kappa shape index (κ2) is 14.5. The number of halogens is 1. The van der Waals surface area contributed by atoms with Gasteiger partial charge in [-0.15, -0.1) is 12.4 Å². The topological polar surface area (TPSA) is 72.9 Å². The Labute approximate surface area is 203 Å². The normalized spacial score (nSPS) is 11.6. The number of carbonyl (C=O) groups is 1. The van der Waals surface area contributed by atoms with Crippen LogP contribution in [-0.2, 0) is 14.9 Å². The molecular formula is C25H32ClNO5S. The summed E-state index contributed by atoms with van der Waals surface area (Å²) in [6, 6.07) is 14.1. The molecule has 0 unspecified atom stereocenters. The van der Waals surface area contributed by atoms with Crippen LogP contribution in [0.15, 0.2) is 60.7 Å². The standard InChI is InChI=1S/C25H31NO5S.ClH/c1-4-26(5-2)17-18-30-24-11-7-9-21(19-24)13-15-23(27)16-14-22-10-8-12-25(20-22)31-32(28,29)6-3;/h7-16,19-20H,4-6,17-18H2,1-3H3;1H/b15-13+,16-14+;. The number of benzene rings is 2. The second-order valence-electron chi connectivity index (χ2n) is 7.02. The van der Waals surface area contributed by atoms with Gasteiger partial charge in [0, 0.05) is 6.54 Å². The van der Waals surface area contributed by atoms with Crippen molar-refractivity contribution in [3.05, 3.63) is 71.8 Å². The second-order valence-corrected chi connectivity index (χ2v) is 8.88. The van der Waals surface area contributed by atoms with Crippen LogP contribution in [0.25, 0.3) is 12.2 Å². The van der Waals surface area contributed by atoms with Crippen molar-refractivity contribution >= 4 is 40.5 Å². The van der Waals surface area contributed by atoms with Gasteiger partial charge in [0.25, 0.3) is 0 Å². The number of rotatable bonds is 13. The number of nitrogens with zero attached hydrogens (tertiary/aromatic N) is 1. The molecule has 2 rings (SSSR count). The summed E-state index contributed by atoms with van der Waals surface area (Å²) in [4.78, 5) is 14.5. The van der Waals surface area contributed by atoms with E-state index in [1.807, 2.05) is 24.3 Å². The smallest absolute Gasteiger partial charge is 0.308 e. The number of allylic oxidation sites excluding steroid dienone is 2. The van der Waals surface area contributed by atoms with Crippen molar-refractivity contribution in [2.45, 2.75) is 20.8 Å². The molecule has 6 nitrogen and oxygen atoms in total. The maximum absolute atomic E-state index is 12.2. The predicted molar refractivity (Wildman–Crippen MR) is 137 cm³/mol. The number of ketones is 1. The van der Waals surface area contributed by atoms with E-state index in [1.165, 1.54) is 19.1 Å². The first kappa shape index (κ1) is 28.4. The van der Waals surface area contributed by atoms with Crippen LogP contribution in [0.3, 0.4) is 0 Å². The van der Waals surface area contributed by atoms with Crippen molar-refractivity contribution in [1.29, 1.82) is 0 Å². The largest absolute Gasteiger partial charge is 0.492 e. The van der Waals surface area contributed by atoms with E-state index in [1.54, 1.807) is 36.4 Å². The van der Waals surface area contributed by atoms with Crippen molar-refractivity contribution in [3.63, 3.8) is 0 Å². The lowest BCUT2D eigenvalue weighted by Gasteiger charge is -2.18. The molecule has 33 heavy (non-hydrogen) atoms. The SMILES string of the molecule is CCN(CC)CCOc1cccc(/C=C/C(=O)/C=C/c2cccc(OS(=O)(=O)CC)c2)c1.Cl. The first-order chi connectivity index (χ1) is 15.3. The van der Waals surface area contributed by atoms with E-state index in [2.05, 4.69) is 18.7 Å². The van der Waals surface area contributed by atoms with Gasteiger partial charge in [-0.05, 0) is 67.6 Å². The molecule has 0 atom stereocenters. The van der Waals surface area contributed by atoms with Crippen LogP contribution in [-0.4, -0.2) is 51.1 Å². The summed E-state index contributed by atoms with van der Waals surface area (Å²) >= 11 is 0. The average Bonchev–Trinajstić information content (AvgIpc) is 2.79. The molecule has 0 aliphatic rings. The highest BCUT2D eigenvalue weighted by Gasteiger charge is 2.09. The van der Waals surface area contributed by atoms with Gasteiger partial charge in [-0.1, -0.05) is 50.3 Å². The van der Waals surface area contributed by atoms with Crippen molar-refractivity contribution < 1.29 is 22.1 Å². The third kappa shape index (κ3) is 10.7. The summed E-state index contributed by atoms with van der Waals surface area (Å²) in [7, 11) is -3.59. The predicted octanol–water partition coefficient (Wildman–Crippen LogP) is 4.85. The maximum atomic E-state index is 12.2. The molecule has 0 N–H and O–H groups in total. The average molecular weight is 494 g/mol. The van der Waals surface area contributed by atoms with E-state index in [0.717, 1.165) is 30.9 Å². The molecule has 0 saturated carbocycles. The van der Waals surface area contributed by atoms with Crippen molar-refractivity contribution in [2.24, 2.45) is 0 Å². The Morgan fingerprint density at radius 2 is 1.45 bits per heavy atom. The van der Waals surface area contributed by atoms with Gasteiger partial charge >= 0.3 is 10.1 Å². The number of hydrogen-bond acceptors (Lipinski definition) is 6. The minimum atomic E-state index is -3.59. The fourth-order valence-electron chi connectivity index (χ4n) is 2.83. The molecule has 0 amide bonds. The highest BCUT2D eigenvalue weighted by atomic mass is 35.5. The van der Waals surface area contributed by atoms with E-state index in [-0.39, 0.29) is 29.7 Å². The van der Waals surface area contributed by atoms with Crippen LogP contribution in [0.1, 0.15) is 31.9 Å². The molecule has 0 aliphatic heterocycles. The minimum absolute atomic E-state index is 0. The van der Waals surface area contributed by atoms with E-state index in [4.69, 9.17) is 8.92 Å². The molecule has 2 aromatic carbocycles. The van der Waals surface area contributed by atoms with E-state index in [9.17, 15) is 13.2 Å². The van der Waals surface area contributed by atoms with E-state index >= 15 is 0 Å². The molecule has 0 saturated heterocycles. The Balaban J connectivity index is 0.00000544. The van der Waals surface area contributed by atoms with Crippen LogP contribution in [0, 0.1) is 0 Å². The Morgan fingerprint density at radius 1 is 0.909 bits per heavy atom. The van der Waals surface area contributed by atoms with E-state index in [0.29, 0.717) is 12.2 Å². The molecule has 0 bridgehead atoms. The molecule has 0 radical (unpaired) electrons. The van der Waals surface area contributed by atoms with Gasteiger partial charge in [0.15, 0.2) is 5.78 Å². The first-order valence-corrected chi connectivity index (χ1v) is 12.3. The lowest BCUT2D eigenvalue weighted by Crippen LogP contribution is -2.27. The first-order valence-electron chi connectivity index (χ1n) is 10.7. The number of carbonyl (C=O) groups excluding carboxylic acids is 1. The zero-order valence-corrected chi connectivity index (χ0v) is 20.9. The third-order valence-corrected chi connectivity index (χ3v) is 5.90. The van der Waals surface area contributed by atoms with Crippen molar-refractivity contribution in [1.82, 2.24) is 4.90 Å². The highest BCUT2D eigenvalue weighted by Crippen LogP contribution is 2.17. The minimum Gasteiger partial charge on any atom is -0.492 e. The Morgan fingerprint density at radius 3 is 2.00 bits per heavy atom. The lowest BCUT2D eigenvalue weighted by molar-refractivity contribution is -0.110. The molecule has 180 valence electrons. The lowest BCUT2D eigenvalue weighted by atomic mass is 10.1. The molecule has 2 aromatic rings. The van der Waals surface area contributed by atoms with Crippen LogP contribution in [0.4, 0.5) is 0 Å². The number of hydrogen-bond donors (Lipinski definition) is 0. The van der Waals surface area contributed by atoms with Gasteiger partial charge < -0.3 is 13.8 Å². The quantitative estimate of drug-likeness (QED) is 0.293. The van der Waals surface area contributed by atoms with Crippen LogP contribution >= 0.6 is 12.4 Å². The van der Waals surface area contributed by atoms with Gasteiger partial charge in [0.1, 0.15) is 18.1 Å². The Kier molecular flexibility index (Phi) is 12.5. The van der Waals surface area contributed by atoms with Gasteiger partial charge in [0.2, 0.25) is 0 Å². The summed E-state index contributed by atoms with van der Waals surface area (Å²) in [6.07, 6.45) is 6.25. The zero-order valence-electron chi connectivity index (χ0n) is 19.3. The fourth-order valence-corrected chi connectivity index (χ4v) is 3.34. The Hall–Kier alpha value is -2.61. The summed E-state index contributed by atoms with van der Waals surface area (Å²) < 4.78 is 34.0. The van der Waals surface area contributed by atoms with Crippen LogP contribution in [0.2, 0.25) is 0 Å². The third-order valence-electron chi connectivity index (χ3n) is 4.74. The molecule has 0 heterocycles. The van der Waals surface area contributed by atoms with Crippen LogP contribution < -0.4 is 8.92 Å². The van der Waals surface area contributed by atoms with Crippen molar-refractivity contribution in [2.75, 3.05) is 32.0 Å². The molecular weight excluding hydrogens is 462 g/mol. The number of likely N-dealkylation sites (N-methyl/N-ethyl adjacent to an activating group) is 1. The zero-order chi connectivity index (χ0) is 23.4. The molecule has 0 aliphatic carbocycles. The maximum Gasteiger partial charge on any atom is 0.308 e. The summed E-state index contributed by atoms with van der Waals surface area (Å²) in [5, 5.41) is 0. The fraction of sp³-hybridized carbons (Fsp3) is 0.320. The Bertz CT molecular complexity index is 1050. The van der Waals surface area contributed by atoms with Gasteiger partial charge in [-0.2, -0.15) is 8.42 Å². The molecule has 8 heteroatoms. The van der Waals surface area contributed by atoms with E-state index < -0.39 is 10.1 Å². The highest BCUT2D eigenvalue weighted by molar-refractivity contribution is 7.87. The van der Waals surface area contributed by atoms with Gasteiger partial charge in [-0.25, -0.2) is 0 Å². The van der Waals surface area contributed by atoms with Crippen LogP contribution in [0.5, 0.6) is 11.5 Å².